The van der Waals surface area contributed by atoms with Crippen LogP contribution >= 0.6 is 0 Å². The number of aliphatic hydroxyl groups is 1. The molecule has 6 heteroatoms. The summed E-state index contributed by atoms with van der Waals surface area (Å²) in [5.74, 6) is -0.573. The molecule has 3 rings (SSSR count). The summed E-state index contributed by atoms with van der Waals surface area (Å²) in [5, 5.41) is 12.4. The first-order valence-corrected chi connectivity index (χ1v) is 8.14. The van der Waals surface area contributed by atoms with Crippen LogP contribution in [-0.4, -0.2) is 19.8 Å². The summed E-state index contributed by atoms with van der Waals surface area (Å²) in [6.45, 7) is 0. The quantitative estimate of drug-likeness (QED) is 0.911. The van der Waals surface area contributed by atoms with Gasteiger partial charge in [-0.2, -0.15) is 0 Å². The maximum Gasteiger partial charge on any atom is 0.182 e. The molecule has 1 aliphatic heterocycles. The molecule has 1 aliphatic rings. The molecule has 1 unspecified atom stereocenters. The molecule has 0 fully saturated rings. The van der Waals surface area contributed by atoms with E-state index >= 15 is 0 Å². The molecule has 0 spiro atoms. The molecule has 0 saturated heterocycles. The fraction of sp³-hybridized carbons (Fsp3) is 0.200. The molecule has 2 N–H and O–H groups in total. The van der Waals surface area contributed by atoms with Gasteiger partial charge < -0.3 is 10.4 Å². The lowest BCUT2D eigenvalue weighted by Gasteiger charge is -2.07. The van der Waals surface area contributed by atoms with Gasteiger partial charge in [0, 0.05) is 12.1 Å². The molecular weight excluding hydrogens is 293 g/mol. The summed E-state index contributed by atoms with van der Waals surface area (Å²) < 4.78 is 37.6. The minimum absolute atomic E-state index is 0.179. The van der Waals surface area contributed by atoms with E-state index in [1.807, 2.05) is 0 Å². The molecule has 0 amide bonds. The third kappa shape index (κ3) is 2.91. The number of aliphatic hydroxyl groups excluding tert-OH is 1. The molecule has 0 aliphatic carbocycles. The zero-order valence-corrected chi connectivity index (χ0v) is 11.9. The van der Waals surface area contributed by atoms with E-state index < -0.39 is 21.9 Å². The number of sulfone groups is 1. The van der Waals surface area contributed by atoms with Crippen LogP contribution in [0.1, 0.15) is 11.1 Å². The van der Waals surface area contributed by atoms with Crippen LogP contribution in [0.2, 0.25) is 0 Å². The fourth-order valence-corrected chi connectivity index (χ4v) is 3.79. The number of hydrogen-bond donors (Lipinski definition) is 2. The molecule has 2 aromatic rings. The molecule has 1 heterocycles. The van der Waals surface area contributed by atoms with E-state index in [0.717, 1.165) is 11.3 Å². The lowest BCUT2D eigenvalue weighted by molar-refractivity contribution is 0.212. The minimum Gasteiger partial charge on any atom is -0.373 e. The van der Waals surface area contributed by atoms with Crippen LogP contribution in [0.25, 0.3) is 0 Å². The predicted octanol–water partition coefficient (Wildman–Crippen LogP) is 2.09. The standard InChI is InChI=1S/C15H14FNO3S/c16-12-3-1-10(2-4-12)9-21(19,20)13-5-6-14-11(7-13)8-15(18)17-14/h1-7,15,17-18H,8-9H2. The van der Waals surface area contributed by atoms with Crippen molar-refractivity contribution in [1.29, 1.82) is 0 Å². The number of hydrogen-bond acceptors (Lipinski definition) is 4. The van der Waals surface area contributed by atoms with E-state index in [2.05, 4.69) is 5.32 Å². The Morgan fingerprint density at radius 2 is 1.90 bits per heavy atom. The van der Waals surface area contributed by atoms with Crippen molar-refractivity contribution in [3.05, 3.63) is 59.4 Å². The van der Waals surface area contributed by atoms with Crippen LogP contribution in [0.5, 0.6) is 0 Å². The van der Waals surface area contributed by atoms with Crippen molar-refractivity contribution in [2.24, 2.45) is 0 Å². The number of anilines is 1. The highest BCUT2D eigenvalue weighted by atomic mass is 32.2. The Balaban J connectivity index is 1.89. The summed E-state index contributed by atoms with van der Waals surface area (Å²) in [6.07, 6.45) is -0.287. The largest absolute Gasteiger partial charge is 0.373 e. The average Bonchev–Trinajstić information content (AvgIpc) is 2.80. The third-order valence-corrected chi connectivity index (χ3v) is 5.13. The maximum absolute atomic E-state index is 12.8. The van der Waals surface area contributed by atoms with Gasteiger partial charge >= 0.3 is 0 Å². The first-order valence-electron chi connectivity index (χ1n) is 6.49. The fourth-order valence-electron chi connectivity index (χ4n) is 2.40. The molecule has 0 aromatic heterocycles. The minimum atomic E-state index is -3.50. The molecule has 4 nitrogen and oxygen atoms in total. The Morgan fingerprint density at radius 1 is 1.19 bits per heavy atom. The number of nitrogens with one attached hydrogen (secondary N) is 1. The second kappa shape index (κ2) is 5.13. The zero-order valence-electron chi connectivity index (χ0n) is 11.1. The third-order valence-electron chi connectivity index (χ3n) is 3.44. The predicted molar refractivity (Wildman–Crippen MR) is 77.1 cm³/mol. The van der Waals surface area contributed by atoms with Crippen molar-refractivity contribution >= 4 is 15.5 Å². The number of fused-ring (bicyclic) bond motifs is 1. The highest BCUT2D eigenvalue weighted by Gasteiger charge is 2.22. The smallest absolute Gasteiger partial charge is 0.182 e. The molecule has 21 heavy (non-hydrogen) atoms. The normalized spacial score (nSPS) is 17.3. The topological polar surface area (TPSA) is 66.4 Å². The van der Waals surface area contributed by atoms with E-state index in [1.54, 1.807) is 12.1 Å². The van der Waals surface area contributed by atoms with E-state index in [0.29, 0.717) is 12.0 Å². The van der Waals surface area contributed by atoms with E-state index in [4.69, 9.17) is 0 Å². The molecule has 2 aromatic carbocycles. The van der Waals surface area contributed by atoms with Crippen molar-refractivity contribution in [1.82, 2.24) is 0 Å². The zero-order chi connectivity index (χ0) is 15.0. The first kappa shape index (κ1) is 14.0. The molecule has 110 valence electrons. The lowest BCUT2D eigenvalue weighted by Crippen LogP contribution is -2.12. The van der Waals surface area contributed by atoms with Gasteiger partial charge in [-0.1, -0.05) is 12.1 Å². The highest BCUT2D eigenvalue weighted by Crippen LogP contribution is 2.28. The van der Waals surface area contributed by atoms with Crippen LogP contribution in [0.4, 0.5) is 10.1 Å². The van der Waals surface area contributed by atoms with E-state index in [9.17, 15) is 17.9 Å². The molecule has 0 radical (unpaired) electrons. The average molecular weight is 307 g/mol. The lowest BCUT2D eigenvalue weighted by atomic mass is 10.2. The summed E-state index contributed by atoms with van der Waals surface area (Å²) in [7, 11) is -3.50. The van der Waals surface area contributed by atoms with E-state index in [-0.39, 0.29) is 10.6 Å². The number of halogens is 1. The van der Waals surface area contributed by atoms with Crippen molar-refractivity contribution in [3.8, 4) is 0 Å². The van der Waals surface area contributed by atoms with Gasteiger partial charge in [0.05, 0.1) is 10.6 Å². The van der Waals surface area contributed by atoms with E-state index in [1.165, 1.54) is 30.3 Å². The van der Waals surface area contributed by atoms with Gasteiger partial charge in [0.15, 0.2) is 9.84 Å². The molecular formula is C15H14FNO3S. The summed E-state index contributed by atoms with van der Waals surface area (Å²) in [5.41, 5.74) is 2.07. The Morgan fingerprint density at radius 3 is 2.62 bits per heavy atom. The Kier molecular flexibility index (Phi) is 3.43. The molecule has 1 atom stereocenters. The van der Waals surface area contributed by atoms with Crippen LogP contribution in [0.3, 0.4) is 0 Å². The molecule has 0 bridgehead atoms. The van der Waals surface area contributed by atoms with Crippen molar-refractivity contribution in [2.45, 2.75) is 23.3 Å². The summed E-state index contributed by atoms with van der Waals surface area (Å²) in [4.78, 5) is 0.210. The second-order valence-corrected chi connectivity index (χ2v) is 7.06. The SMILES string of the molecule is O=S(=O)(Cc1ccc(F)cc1)c1ccc2c(c1)CC(O)N2. The summed E-state index contributed by atoms with van der Waals surface area (Å²) >= 11 is 0. The van der Waals surface area contributed by atoms with Crippen molar-refractivity contribution in [2.75, 3.05) is 5.32 Å². The molecule has 0 saturated carbocycles. The highest BCUT2D eigenvalue weighted by molar-refractivity contribution is 7.90. The van der Waals surface area contributed by atoms with Crippen LogP contribution < -0.4 is 5.32 Å². The van der Waals surface area contributed by atoms with Gasteiger partial charge in [-0.3, -0.25) is 0 Å². The van der Waals surface area contributed by atoms with Crippen molar-refractivity contribution in [3.63, 3.8) is 0 Å². The van der Waals surface area contributed by atoms with Gasteiger partial charge in [-0.05, 0) is 41.5 Å². The van der Waals surface area contributed by atoms with Gasteiger partial charge in [-0.15, -0.1) is 0 Å². The van der Waals surface area contributed by atoms with Crippen LogP contribution in [0, 0.1) is 5.82 Å². The van der Waals surface area contributed by atoms with Gasteiger partial charge in [0.2, 0.25) is 0 Å². The number of rotatable bonds is 3. The van der Waals surface area contributed by atoms with Crippen LogP contribution in [-0.2, 0) is 22.0 Å². The van der Waals surface area contributed by atoms with Gasteiger partial charge in [-0.25, -0.2) is 12.8 Å². The first-order chi connectivity index (χ1) is 9.94. The maximum atomic E-state index is 12.8. The monoisotopic (exact) mass is 307 g/mol. The van der Waals surface area contributed by atoms with Crippen molar-refractivity contribution < 1.29 is 17.9 Å². The Hall–Kier alpha value is -1.92. The Bertz CT molecular complexity index is 772. The van der Waals surface area contributed by atoms with Gasteiger partial charge in [0.1, 0.15) is 12.0 Å². The second-order valence-electron chi connectivity index (χ2n) is 5.07. The number of benzene rings is 2. The summed E-state index contributed by atoms with van der Waals surface area (Å²) in [6, 6.07) is 10.2. The van der Waals surface area contributed by atoms with Gasteiger partial charge in [0.25, 0.3) is 0 Å². The Labute approximate surface area is 122 Å². The van der Waals surface area contributed by atoms with Crippen LogP contribution in [0.15, 0.2) is 47.4 Å².